The van der Waals surface area contributed by atoms with E-state index >= 15 is 0 Å². The van der Waals surface area contributed by atoms with Gasteiger partial charge in [0.2, 0.25) is 5.91 Å². The fourth-order valence-electron chi connectivity index (χ4n) is 2.14. The summed E-state index contributed by atoms with van der Waals surface area (Å²) in [6.07, 6.45) is 3.08. The van der Waals surface area contributed by atoms with Gasteiger partial charge in [0.05, 0.1) is 0 Å². The second kappa shape index (κ2) is 3.73. The molecule has 0 saturated carbocycles. The average Bonchev–Trinajstić information content (AvgIpc) is 2.01. The van der Waals surface area contributed by atoms with Crippen molar-refractivity contribution in [3.8, 4) is 0 Å². The van der Waals surface area contributed by atoms with Crippen LogP contribution in [0.3, 0.4) is 0 Å². The van der Waals surface area contributed by atoms with Gasteiger partial charge in [0.1, 0.15) is 0 Å². The lowest BCUT2D eigenvalue weighted by atomic mass is 9.78. The molecule has 13 heavy (non-hydrogen) atoms. The molecule has 0 saturated heterocycles. The van der Waals surface area contributed by atoms with Crippen LogP contribution in [0.1, 0.15) is 26.7 Å². The lowest BCUT2D eigenvalue weighted by Crippen LogP contribution is -2.26. The molecular formula is C10H16N2O. The predicted molar refractivity (Wildman–Crippen MR) is 52.6 cm³/mol. The smallest absolute Gasteiger partial charge is 0.245 e. The van der Waals surface area contributed by atoms with Crippen LogP contribution in [-0.2, 0) is 4.79 Å². The van der Waals surface area contributed by atoms with Crippen LogP contribution < -0.4 is 5.73 Å². The molecule has 0 aliphatic heterocycles. The van der Waals surface area contributed by atoms with Crippen LogP contribution in [0.25, 0.3) is 0 Å². The van der Waals surface area contributed by atoms with E-state index in [1.807, 2.05) is 6.92 Å². The summed E-state index contributed by atoms with van der Waals surface area (Å²) in [6.45, 7) is 4.14. The van der Waals surface area contributed by atoms with Crippen molar-refractivity contribution < 1.29 is 4.79 Å². The maximum absolute atomic E-state index is 11.1. The summed E-state index contributed by atoms with van der Waals surface area (Å²) in [6, 6.07) is 0. The molecule has 0 heterocycles. The number of carbonyl (C=O) groups is 1. The molecule has 1 aliphatic rings. The standard InChI is InChI=1S/C10H16N2O/c1-6-3-7(2)9(10(12)13)8(4-6)5-11/h5-7,11H,3-4H2,1-2H3,(H2,12,13)/t6-,7?/m1/s1. The van der Waals surface area contributed by atoms with Crippen LogP contribution in [0.15, 0.2) is 11.1 Å². The van der Waals surface area contributed by atoms with Gasteiger partial charge in [0.25, 0.3) is 0 Å². The SMILES string of the molecule is CC1C[C@@H](C)CC(C=N)=C1C(N)=O. The molecule has 1 unspecified atom stereocenters. The van der Waals surface area contributed by atoms with E-state index in [0.717, 1.165) is 18.4 Å². The third kappa shape index (κ3) is 1.97. The van der Waals surface area contributed by atoms with Gasteiger partial charge in [-0.3, -0.25) is 4.79 Å². The highest BCUT2D eigenvalue weighted by atomic mass is 16.1. The molecule has 0 spiro atoms. The lowest BCUT2D eigenvalue weighted by Gasteiger charge is -2.26. The van der Waals surface area contributed by atoms with E-state index in [4.69, 9.17) is 11.1 Å². The number of primary amides is 1. The zero-order valence-corrected chi connectivity index (χ0v) is 8.13. The van der Waals surface area contributed by atoms with Gasteiger partial charge >= 0.3 is 0 Å². The highest BCUT2D eigenvalue weighted by Crippen LogP contribution is 2.32. The molecule has 0 aromatic carbocycles. The van der Waals surface area contributed by atoms with E-state index in [1.54, 1.807) is 0 Å². The minimum atomic E-state index is -0.363. The number of hydrogen-bond donors (Lipinski definition) is 2. The number of carbonyl (C=O) groups excluding carboxylic acids is 1. The molecule has 3 nitrogen and oxygen atoms in total. The van der Waals surface area contributed by atoms with Gasteiger partial charge in [-0.1, -0.05) is 13.8 Å². The summed E-state index contributed by atoms with van der Waals surface area (Å²) >= 11 is 0. The normalized spacial score (nSPS) is 28.8. The Morgan fingerprint density at radius 3 is 2.69 bits per heavy atom. The second-order valence-electron chi connectivity index (χ2n) is 3.89. The van der Waals surface area contributed by atoms with E-state index in [-0.39, 0.29) is 11.8 Å². The van der Waals surface area contributed by atoms with Crippen molar-refractivity contribution in [2.24, 2.45) is 17.6 Å². The van der Waals surface area contributed by atoms with Gasteiger partial charge in [-0.15, -0.1) is 0 Å². The first-order valence-corrected chi connectivity index (χ1v) is 4.59. The molecule has 0 aromatic heterocycles. The van der Waals surface area contributed by atoms with Gasteiger partial charge in [-0.05, 0) is 30.3 Å². The first-order chi connectivity index (χ1) is 6.06. The van der Waals surface area contributed by atoms with Crippen LogP contribution in [-0.4, -0.2) is 12.1 Å². The Hall–Kier alpha value is -1.12. The Bertz CT molecular complexity index is 268. The van der Waals surface area contributed by atoms with E-state index in [1.165, 1.54) is 6.21 Å². The average molecular weight is 180 g/mol. The van der Waals surface area contributed by atoms with Crippen molar-refractivity contribution in [2.75, 3.05) is 0 Å². The zero-order chi connectivity index (χ0) is 10.0. The summed E-state index contributed by atoms with van der Waals surface area (Å²) in [5, 5.41) is 7.21. The third-order valence-corrected chi connectivity index (χ3v) is 2.60. The van der Waals surface area contributed by atoms with E-state index in [9.17, 15) is 4.79 Å². The number of nitrogens with two attached hydrogens (primary N) is 1. The predicted octanol–water partition coefficient (Wildman–Crippen LogP) is 1.48. The van der Waals surface area contributed by atoms with Crippen LogP contribution in [0, 0.1) is 17.2 Å². The maximum atomic E-state index is 11.1. The fourth-order valence-corrected chi connectivity index (χ4v) is 2.14. The molecule has 1 rings (SSSR count). The zero-order valence-electron chi connectivity index (χ0n) is 8.13. The van der Waals surface area contributed by atoms with Crippen molar-refractivity contribution >= 4 is 12.1 Å². The minimum Gasteiger partial charge on any atom is -0.366 e. The second-order valence-corrected chi connectivity index (χ2v) is 3.89. The summed E-state index contributed by atoms with van der Waals surface area (Å²) < 4.78 is 0. The number of rotatable bonds is 2. The van der Waals surface area contributed by atoms with Gasteiger partial charge in [0.15, 0.2) is 0 Å². The Labute approximate surface area is 78.5 Å². The highest BCUT2D eigenvalue weighted by Gasteiger charge is 2.26. The Balaban J connectivity index is 3.05. The third-order valence-electron chi connectivity index (χ3n) is 2.60. The first-order valence-electron chi connectivity index (χ1n) is 4.59. The molecule has 2 atom stereocenters. The van der Waals surface area contributed by atoms with Crippen LogP contribution in [0.5, 0.6) is 0 Å². The Morgan fingerprint density at radius 1 is 1.62 bits per heavy atom. The maximum Gasteiger partial charge on any atom is 0.245 e. The summed E-state index contributed by atoms with van der Waals surface area (Å²) in [5.74, 6) is 0.394. The van der Waals surface area contributed by atoms with Crippen molar-refractivity contribution in [3.63, 3.8) is 0 Å². The summed E-state index contributed by atoms with van der Waals surface area (Å²) in [5.41, 5.74) is 6.75. The number of hydrogen-bond acceptors (Lipinski definition) is 2. The molecule has 72 valence electrons. The first kappa shape index (κ1) is 9.96. The largest absolute Gasteiger partial charge is 0.366 e. The molecule has 1 aliphatic carbocycles. The molecule has 0 bridgehead atoms. The van der Waals surface area contributed by atoms with Crippen molar-refractivity contribution in [1.29, 1.82) is 5.41 Å². The monoisotopic (exact) mass is 180 g/mol. The quantitative estimate of drug-likeness (QED) is 0.621. The van der Waals surface area contributed by atoms with Crippen molar-refractivity contribution in [2.45, 2.75) is 26.7 Å². The molecule has 0 radical (unpaired) electrons. The minimum absolute atomic E-state index is 0.206. The van der Waals surface area contributed by atoms with Gasteiger partial charge in [-0.25, -0.2) is 0 Å². The van der Waals surface area contributed by atoms with E-state index in [0.29, 0.717) is 11.5 Å². The topological polar surface area (TPSA) is 66.9 Å². The number of amides is 1. The Kier molecular flexibility index (Phi) is 2.86. The molecule has 0 fully saturated rings. The van der Waals surface area contributed by atoms with E-state index < -0.39 is 0 Å². The fraction of sp³-hybridized carbons (Fsp3) is 0.600. The van der Waals surface area contributed by atoms with Crippen LogP contribution in [0.4, 0.5) is 0 Å². The van der Waals surface area contributed by atoms with Gasteiger partial charge in [-0.2, -0.15) is 0 Å². The summed E-state index contributed by atoms with van der Waals surface area (Å²) in [4.78, 5) is 11.1. The molecule has 1 amide bonds. The van der Waals surface area contributed by atoms with Crippen molar-refractivity contribution in [3.05, 3.63) is 11.1 Å². The Morgan fingerprint density at radius 2 is 2.23 bits per heavy atom. The van der Waals surface area contributed by atoms with Crippen LogP contribution in [0.2, 0.25) is 0 Å². The lowest BCUT2D eigenvalue weighted by molar-refractivity contribution is -0.115. The van der Waals surface area contributed by atoms with Gasteiger partial charge < -0.3 is 11.1 Å². The molecular weight excluding hydrogens is 164 g/mol. The van der Waals surface area contributed by atoms with Gasteiger partial charge in [0, 0.05) is 11.8 Å². The van der Waals surface area contributed by atoms with Crippen molar-refractivity contribution in [1.82, 2.24) is 0 Å². The highest BCUT2D eigenvalue weighted by molar-refractivity contribution is 5.99. The molecule has 3 N–H and O–H groups in total. The summed E-state index contributed by atoms with van der Waals surface area (Å²) in [7, 11) is 0. The number of nitrogens with one attached hydrogen (secondary N) is 1. The van der Waals surface area contributed by atoms with E-state index in [2.05, 4.69) is 6.92 Å². The molecule has 0 aromatic rings. The molecule has 3 heteroatoms. The van der Waals surface area contributed by atoms with Crippen LogP contribution >= 0.6 is 0 Å². The number of allylic oxidation sites excluding steroid dienone is 1.